The molecule has 0 aliphatic heterocycles. The van der Waals surface area contributed by atoms with Gasteiger partial charge in [0.1, 0.15) is 11.6 Å². The van der Waals surface area contributed by atoms with Crippen LogP contribution in [0.1, 0.15) is 51.1 Å². The number of Topliss-reactive ketones (excluding diaryl/α,β-unsaturated/α-hetero) is 1. The normalized spacial score (nSPS) is 10.7. The van der Waals surface area contributed by atoms with Gasteiger partial charge in [0.05, 0.1) is 5.56 Å². The molecule has 0 spiro atoms. The third kappa shape index (κ3) is 4.61. The fourth-order valence-electron chi connectivity index (χ4n) is 3.38. The number of ketones is 2. The van der Waals surface area contributed by atoms with Gasteiger partial charge in [-0.15, -0.1) is 5.10 Å². The first-order valence-electron chi connectivity index (χ1n) is 10.4. The van der Waals surface area contributed by atoms with Crippen molar-refractivity contribution in [3.8, 4) is 11.8 Å². The summed E-state index contributed by atoms with van der Waals surface area (Å²) in [7, 11) is 0. The van der Waals surface area contributed by atoms with Gasteiger partial charge in [-0.3, -0.25) is 9.59 Å². The molecular weight excluding hydrogens is 420 g/mol. The maximum Gasteiger partial charge on any atom is 0.220 e. The number of nitrogens with zero attached hydrogens (tertiary/aromatic N) is 5. The summed E-state index contributed by atoms with van der Waals surface area (Å²) in [6.07, 6.45) is 3.30. The first kappa shape index (κ1) is 21.8. The summed E-state index contributed by atoms with van der Waals surface area (Å²) < 4.78 is 0. The van der Waals surface area contributed by atoms with Gasteiger partial charge >= 0.3 is 0 Å². The molecule has 0 unspecified atom stereocenters. The van der Waals surface area contributed by atoms with Gasteiger partial charge in [0.25, 0.3) is 0 Å². The molecule has 2 aromatic heterocycles. The first-order valence-corrected chi connectivity index (χ1v) is 10.4. The number of pyridine rings is 1. The van der Waals surface area contributed by atoms with Gasteiger partial charge in [0.2, 0.25) is 5.65 Å². The number of fused-ring (bicyclic) bond motifs is 1. The second-order valence-corrected chi connectivity index (χ2v) is 7.27. The summed E-state index contributed by atoms with van der Waals surface area (Å²) in [5.74, 6) is -0.273. The Morgan fingerprint density at radius 2 is 1.88 bits per heavy atom. The van der Waals surface area contributed by atoms with Gasteiger partial charge in [-0.05, 0) is 54.9 Å². The van der Waals surface area contributed by atoms with Crippen molar-refractivity contribution in [2.24, 2.45) is 5.73 Å². The fraction of sp³-hybridized carbons (Fsp3) is 0.167. The molecule has 2 aromatic carbocycles. The molecule has 164 valence electrons. The average Bonchev–Trinajstić information content (AvgIpc) is 3.26. The van der Waals surface area contributed by atoms with Crippen LogP contribution in [0, 0.1) is 11.3 Å². The molecule has 2 N–H and O–H groups in total. The Morgan fingerprint density at radius 3 is 2.67 bits per heavy atom. The van der Waals surface area contributed by atoms with Crippen LogP contribution >= 0.6 is 0 Å². The molecule has 0 aliphatic rings. The van der Waals surface area contributed by atoms with Gasteiger partial charge in [0.15, 0.2) is 17.3 Å². The zero-order valence-corrected chi connectivity index (χ0v) is 17.6. The van der Waals surface area contributed by atoms with Crippen molar-refractivity contribution < 1.29 is 14.4 Å². The Balaban J connectivity index is 1.61. The monoisotopic (exact) mass is 440 g/mol. The number of nitriles is 1. The van der Waals surface area contributed by atoms with Crippen LogP contribution < -0.4 is 10.6 Å². The van der Waals surface area contributed by atoms with E-state index in [2.05, 4.69) is 15.3 Å². The zero-order chi connectivity index (χ0) is 23.2. The molecule has 9 nitrogen and oxygen atoms in total. The molecule has 4 aromatic rings. The van der Waals surface area contributed by atoms with Crippen LogP contribution in [-0.2, 0) is 0 Å². The number of hydrogen-bond acceptors (Lipinski definition) is 8. The quantitative estimate of drug-likeness (QED) is 0.310. The number of carbonyl (C=O) groups excluding carboxylic acids is 2. The summed E-state index contributed by atoms with van der Waals surface area (Å²) in [4.78, 5) is 36.8. The number of aromatic nitrogens is 4. The lowest BCUT2D eigenvalue weighted by atomic mass is 9.93. The molecule has 0 fully saturated rings. The summed E-state index contributed by atoms with van der Waals surface area (Å²) in [5.41, 5.74) is 7.48. The van der Waals surface area contributed by atoms with Gasteiger partial charge in [0, 0.05) is 29.3 Å². The third-order valence-corrected chi connectivity index (χ3v) is 5.06. The largest absolute Gasteiger partial charge is 0.353 e. The van der Waals surface area contributed by atoms with Crippen molar-refractivity contribution >= 4 is 22.7 Å². The predicted molar refractivity (Wildman–Crippen MR) is 120 cm³/mol. The molecule has 0 saturated carbocycles. The van der Waals surface area contributed by atoms with Crippen LogP contribution in [0.15, 0.2) is 60.8 Å². The molecular formula is C24H20N6O3. The van der Waals surface area contributed by atoms with E-state index in [9.17, 15) is 14.9 Å². The summed E-state index contributed by atoms with van der Waals surface area (Å²) in [6.45, 7) is 0.514. The minimum Gasteiger partial charge on any atom is -0.353 e. The lowest BCUT2D eigenvalue weighted by molar-refractivity contribution is 0.0964. The highest BCUT2D eigenvalue weighted by Crippen LogP contribution is 2.24. The Labute approximate surface area is 189 Å². The molecule has 2 heterocycles. The highest BCUT2D eigenvalue weighted by atomic mass is 16.7. The Morgan fingerprint density at radius 1 is 1.06 bits per heavy atom. The highest BCUT2D eigenvalue weighted by molar-refractivity contribution is 6.15. The average molecular weight is 440 g/mol. The van der Waals surface area contributed by atoms with Crippen LogP contribution in [0.5, 0.6) is 5.75 Å². The Hall–Kier alpha value is -4.42. The summed E-state index contributed by atoms with van der Waals surface area (Å²) >= 11 is 0. The zero-order valence-electron chi connectivity index (χ0n) is 17.6. The van der Waals surface area contributed by atoms with E-state index in [4.69, 9.17) is 10.6 Å². The van der Waals surface area contributed by atoms with Crippen LogP contribution in [0.4, 0.5) is 0 Å². The second-order valence-electron chi connectivity index (χ2n) is 7.27. The van der Waals surface area contributed by atoms with E-state index < -0.39 is 0 Å². The second kappa shape index (κ2) is 9.80. The number of unbranched alkanes of at least 4 members (excludes halogenated alkanes) is 1. The third-order valence-electron chi connectivity index (χ3n) is 5.06. The Bertz CT molecular complexity index is 1370. The smallest absolute Gasteiger partial charge is 0.220 e. The molecule has 0 atom stereocenters. The number of nitrogens with two attached hydrogens (primary N) is 1. The number of rotatable bonds is 9. The minimum atomic E-state index is -0.353. The van der Waals surface area contributed by atoms with Gasteiger partial charge in [-0.1, -0.05) is 29.1 Å². The predicted octanol–water partition coefficient (Wildman–Crippen LogP) is 3.08. The van der Waals surface area contributed by atoms with Crippen molar-refractivity contribution in [3.05, 3.63) is 83.0 Å². The molecule has 0 bridgehead atoms. The van der Waals surface area contributed by atoms with Gasteiger partial charge < -0.3 is 10.6 Å². The minimum absolute atomic E-state index is 0.113. The van der Waals surface area contributed by atoms with Crippen molar-refractivity contribution in [1.82, 2.24) is 20.1 Å². The fourth-order valence-corrected chi connectivity index (χ4v) is 3.38. The lowest BCUT2D eigenvalue weighted by Gasteiger charge is -2.10. The van der Waals surface area contributed by atoms with E-state index >= 15 is 0 Å². The molecule has 0 aliphatic carbocycles. The van der Waals surface area contributed by atoms with Crippen molar-refractivity contribution in [3.63, 3.8) is 0 Å². The van der Waals surface area contributed by atoms with E-state index in [-0.39, 0.29) is 28.4 Å². The maximum absolute atomic E-state index is 13.2. The van der Waals surface area contributed by atoms with E-state index in [1.807, 2.05) is 6.07 Å². The van der Waals surface area contributed by atoms with E-state index in [1.165, 1.54) is 12.1 Å². The SMILES string of the molecule is N#Cc1cc(C(=O)c2ccccc2C(=O)CCCCN)ccc1On1nnc2cccnc21. The van der Waals surface area contributed by atoms with Crippen LogP contribution in [0.25, 0.3) is 11.2 Å². The van der Waals surface area contributed by atoms with Crippen LogP contribution in [0.2, 0.25) is 0 Å². The topological polar surface area (TPSA) is 137 Å². The van der Waals surface area contributed by atoms with Crippen molar-refractivity contribution in [2.75, 3.05) is 6.54 Å². The molecule has 0 amide bonds. The molecule has 0 radical (unpaired) electrons. The number of carbonyl (C=O) groups is 2. The number of benzene rings is 2. The molecule has 0 saturated heterocycles. The molecule has 9 heteroatoms. The maximum atomic E-state index is 13.2. The lowest BCUT2D eigenvalue weighted by Crippen LogP contribution is -2.12. The summed E-state index contributed by atoms with van der Waals surface area (Å²) in [5, 5.41) is 17.5. The molecule has 33 heavy (non-hydrogen) atoms. The standard InChI is InChI=1S/C24H20N6O3/c25-12-4-3-9-21(31)18-6-1-2-7-19(18)23(32)16-10-11-22(17(14-16)15-26)33-30-24-20(28-29-30)8-5-13-27-24/h1-2,5-8,10-11,13-14H,3-4,9,12,25H2. The van der Waals surface area contributed by atoms with Gasteiger partial charge in [-0.2, -0.15) is 5.26 Å². The Kier molecular flexibility index (Phi) is 6.48. The van der Waals surface area contributed by atoms with Crippen molar-refractivity contribution in [2.45, 2.75) is 19.3 Å². The van der Waals surface area contributed by atoms with E-state index in [0.717, 1.165) is 11.3 Å². The van der Waals surface area contributed by atoms with Crippen LogP contribution in [0.3, 0.4) is 0 Å². The number of hydrogen-bond donors (Lipinski definition) is 1. The van der Waals surface area contributed by atoms with Gasteiger partial charge in [-0.25, -0.2) is 4.98 Å². The van der Waals surface area contributed by atoms with Crippen molar-refractivity contribution in [1.29, 1.82) is 5.26 Å². The molecule has 4 rings (SSSR count). The van der Waals surface area contributed by atoms with E-state index in [0.29, 0.717) is 41.7 Å². The highest BCUT2D eigenvalue weighted by Gasteiger charge is 2.20. The first-order chi connectivity index (χ1) is 16.1. The summed E-state index contributed by atoms with van der Waals surface area (Å²) in [6, 6.07) is 16.7. The van der Waals surface area contributed by atoms with Crippen LogP contribution in [-0.4, -0.2) is 38.3 Å². The van der Waals surface area contributed by atoms with E-state index in [1.54, 1.807) is 48.7 Å².